The van der Waals surface area contributed by atoms with Crippen LogP contribution in [-0.4, -0.2) is 18.9 Å². The summed E-state index contributed by atoms with van der Waals surface area (Å²) < 4.78 is 11.6. The number of carbonyl (C=O) groups is 2. The molecule has 0 spiro atoms. The number of ether oxygens (including phenoxy) is 1. The Balaban J connectivity index is 1.48. The number of benzene rings is 4. The van der Waals surface area contributed by atoms with Gasteiger partial charge in [0.15, 0.2) is 0 Å². The van der Waals surface area contributed by atoms with E-state index in [0.717, 1.165) is 38.4 Å². The first-order valence-electron chi connectivity index (χ1n) is 11.9. The number of carbonyl (C=O) groups excluding carboxylic acids is 2. The van der Waals surface area contributed by atoms with Crippen LogP contribution in [0, 0.1) is 0 Å². The molecule has 0 fully saturated rings. The minimum atomic E-state index is -0.270. The van der Waals surface area contributed by atoms with E-state index in [9.17, 15) is 9.59 Å². The number of furan rings is 1. The summed E-state index contributed by atoms with van der Waals surface area (Å²) in [5.74, 6) is 0.198. The van der Waals surface area contributed by atoms with Crippen molar-refractivity contribution in [3.8, 4) is 16.9 Å². The predicted molar refractivity (Wildman–Crippen MR) is 149 cm³/mol. The van der Waals surface area contributed by atoms with Crippen molar-refractivity contribution in [2.45, 2.75) is 13.8 Å². The number of nitrogens with one attached hydrogen (secondary N) is 2. The normalized spacial score (nSPS) is 11.5. The molecule has 37 heavy (non-hydrogen) atoms. The average Bonchev–Trinajstić information content (AvgIpc) is 3.31. The Morgan fingerprint density at radius 3 is 2.24 bits per heavy atom. The van der Waals surface area contributed by atoms with Crippen molar-refractivity contribution in [2.75, 3.05) is 17.7 Å². The first-order valence-corrected chi connectivity index (χ1v) is 11.9. The second kappa shape index (κ2) is 10.0. The van der Waals surface area contributed by atoms with Crippen LogP contribution in [0.1, 0.15) is 19.4 Å². The maximum absolute atomic E-state index is 12.8. The topological polar surface area (TPSA) is 80.6 Å². The highest BCUT2D eigenvalue weighted by Gasteiger charge is 2.16. The lowest BCUT2D eigenvalue weighted by atomic mass is 9.96. The third kappa shape index (κ3) is 4.95. The molecule has 0 aliphatic heterocycles. The van der Waals surface area contributed by atoms with Gasteiger partial charge >= 0.3 is 0 Å². The molecule has 0 radical (unpaired) electrons. The van der Waals surface area contributed by atoms with Crippen molar-refractivity contribution >= 4 is 50.5 Å². The molecule has 1 aromatic heterocycles. The van der Waals surface area contributed by atoms with Crippen LogP contribution >= 0.6 is 0 Å². The summed E-state index contributed by atoms with van der Waals surface area (Å²) >= 11 is 0. The summed E-state index contributed by atoms with van der Waals surface area (Å²) in [5.41, 5.74) is 5.60. The Bertz CT molecular complexity index is 1660. The van der Waals surface area contributed by atoms with Gasteiger partial charge in [0.25, 0.3) is 0 Å². The van der Waals surface area contributed by atoms with Gasteiger partial charge in [-0.3, -0.25) is 9.59 Å². The van der Waals surface area contributed by atoms with E-state index >= 15 is 0 Å². The molecule has 5 rings (SSSR count). The van der Waals surface area contributed by atoms with E-state index < -0.39 is 0 Å². The molecule has 2 amide bonds. The fourth-order valence-electron chi connectivity index (χ4n) is 4.49. The number of amides is 2. The molecule has 0 saturated carbocycles. The van der Waals surface area contributed by atoms with Gasteiger partial charge in [-0.15, -0.1) is 0 Å². The van der Waals surface area contributed by atoms with Gasteiger partial charge < -0.3 is 19.8 Å². The van der Waals surface area contributed by atoms with Gasteiger partial charge in [-0.25, -0.2) is 0 Å². The molecule has 1 heterocycles. The van der Waals surface area contributed by atoms with Crippen molar-refractivity contribution in [2.24, 2.45) is 0 Å². The molecule has 2 N–H and O–H groups in total. The van der Waals surface area contributed by atoms with E-state index in [1.807, 2.05) is 37.3 Å². The molecular weight excluding hydrogens is 464 g/mol. The predicted octanol–water partition coefficient (Wildman–Crippen LogP) is 7.26. The lowest BCUT2D eigenvalue weighted by molar-refractivity contribution is -0.114. The molecule has 4 aromatic carbocycles. The molecule has 0 unspecified atom stereocenters. The molecule has 0 saturated heterocycles. The lowest BCUT2D eigenvalue weighted by Gasteiger charge is -2.11. The minimum absolute atomic E-state index is 0.150. The third-order valence-electron chi connectivity index (χ3n) is 6.22. The van der Waals surface area contributed by atoms with Crippen molar-refractivity contribution < 1.29 is 18.7 Å². The van der Waals surface area contributed by atoms with E-state index in [1.54, 1.807) is 43.7 Å². The van der Waals surface area contributed by atoms with Crippen molar-refractivity contribution in [1.29, 1.82) is 0 Å². The largest absolute Gasteiger partial charge is 0.496 e. The smallest absolute Gasteiger partial charge is 0.248 e. The summed E-state index contributed by atoms with van der Waals surface area (Å²) in [5, 5.41) is 8.80. The summed E-state index contributed by atoms with van der Waals surface area (Å²) in [6.07, 6.45) is 3.31. The van der Waals surface area contributed by atoms with E-state index in [4.69, 9.17) is 9.15 Å². The summed E-state index contributed by atoms with van der Waals surface area (Å²) in [4.78, 5) is 24.0. The van der Waals surface area contributed by atoms with Gasteiger partial charge in [-0.05, 0) is 59.2 Å². The molecule has 6 heteroatoms. The molecule has 0 aliphatic rings. The number of fused-ring (bicyclic) bond motifs is 2. The summed E-state index contributed by atoms with van der Waals surface area (Å²) in [6.45, 7) is 3.32. The van der Waals surface area contributed by atoms with Crippen LogP contribution in [-0.2, 0) is 9.59 Å². The molecule has 5 aromatic rings. The van der Waals surface area contributed by atoms with E-state index in [1.165, 1.54) is 6.92 Å². The Morgan fingerprint density at radius 1 is 0.811 bits per heavy atom. The van der Waals surface area contributed by atoms with Gasteiger partial charge in [-0.1, -0.05) is 42.5 Å². The number of methoxy groups -OCH3 is 1. The van der Waals surface area contributed by atoms with Crippen LogP contribution in [0.25, 0.3) is 38.4 Å². The van der Waals surface area contributed by atoms with E-state index in [-0.39, 0.29) is 11.8 Å². The highest BCUT2D eigenvalue weighted by Crippen LogP contribution is 2.39. The molecule has 0 atom stereocenters. The second-order valence-electron chi connectivity index (χ2n) is 8.80. The van der Waals surface area contributed by atoms with Crippen molar-refractivity contribution in [3.05, 3.63) is 96.8 Å². The van der Waals surface area contributed by atoms with Crippen LogP contribution in [0.15, 0.2) is 95.6 Å². The van der Waals surface area contributed by atoms with Crippen LogP contribution in [0.4, 0.5) is 11.4 Å². The monoisotopic (exact) mass is 490 g/mol. The Labute approximate surface area is 214 Å². The Kier molecular flexibility index (Phi) is 6.47. The SMILES string of the molecule is COc1cc2occ(-c3cccc4ccccc34)c2cc1/C(C)=C/C(=O)Nc1ccc(NC(C)=O)cc1. The standard InChI is InChI=1S/C31H26N2O4/c1-19(15-31(35)33-23-13-11-22(12-14-23)32-20(2)34)26-16-27-28(18-37-30(27)17-29(26)36-3)25-10-6-8-21-7-4-5-9-24(21)25/h4-18H,1-3H3,(H,32,34)(H,33,35)/b19-15+. The number of hydrogen-bond donors (Lipinski definition) is 2. The van der Waals surface area contributed by atoms with Gasteiger partial charge in [0.1, 0.15) is 11.3 Å². The quantitative estimate of drug-likeness (QED) is 0.245. The minimum Gasteiger partial charge on any atom is -0.496 e. The number of anilines is 2. The third-order valence-corrected chi connectivity index (χ3v) is 6.22. The molecule has 6 nitrogen and oxygen atoms in total. The fraction of sp³-hybridized carbons (Fsp3) is 0.0968. The Hall–Kier alpha value is -4.84. The van der Waals surface area contributed by atoms with Crippen molar-refractivity contribution in [1.82, 2.24) is 0 Å². The van der Waals surface area contributed by atoms with Crippen LogP contribution in [0.5, 0.6) is 5.75 Å². The maximum Gasteiger partial charge on any atom is 0.248 e. The maximum atomic E-state index is 12.8. The van der Waals surface area contributed by atoms with Gasteiger partial charge in [0.2, 0.25) is 11.8 Å². The average molecular weight is 491 g/mol. The van der Waals surface area contributed by atoms with Crippen molar-refractivity contribution in [3.63, 3.8) is 0 Å². The summed E-state index contributed by atoms with van der Waals surface area (Å²) in [7, 11) is 1.60. The molecule has 184 valence electrons. The van der Waals surface area contributed by atoms with Gasteiger partial charge in [-0.2, -0.15) is 0 Å². The zero-order chi connectivity index (χ0) is 25.9. The molecule has 0 bridgehead atoms. The van der Waals surface area contributed by atoms with Crippen LogP contribution in [0.3, 0.4) is 0 Å². The summed E-state index contributed by atoms with van der Waals surface area (Å²) in [6, 6.07) is 25.3. The number of allylic oxidation sites excluding steroid dienone is 1. The Morgan fingerprint density at radius 2 is 1.51 bits per heavy atom. The van der Waals surface area contributed by atoms with Crippen LogP contribution < -0.4 is 15.4 Å². The highest BCUT2D eigenvalue weighted by molar-refractivity contribution is 6.07. The first-order chi connectivity index (χ1) is 17.9. The molecule has 0 aliphatic carbocycles. The highest BCUT2D eigenvalue weighted by atomic mass is 16.5. The van der Waals surface area contributed by atoms with E-state index in [0.29, 0.717) is 22.7 Å². The molecular formula is C31H26N2O4. The lowest BCUT2D eigenvalue weighted by Crippen LogP contribution is -2.09. The zero-order valence-electron chi connectivity index (χ0n) is 20.8. The number of rotatable bonds is 6. The van der Waals surface area contributed by atoms with Gasteiger partial charge in [0, 0.05) is 47.0 Å². The second-order valence-corrected chi connectivity index (χ2v) is 8.80. The number of hydrogen-bond acceptors (Lipinski definition) is 4. The zero-order valence-corrected chi connectivity index (χ0v) is 20.8. The fourth-order valence-corrected chi connectivity index (χ4v) is 4.49. The van der Waals surface area contributed by atoms with E-state index in [2.05, 4.69) is 34.9 Å². The van der Waals surface area contributed by atoms with Crippen LogP contribution in [0.2, 0.25) is 0 Å². The van der Waals surface area contributed by atoms with Gasteiger partial charge in [0.05, 0.1) is 13.4 Å². The first kappa shape index (κ1) is 23.9.